The van der Waals surface area contributed by atoms with E-state index in [1.807, 2.05) is 24.3 Å². The van der Waals surface area contributed by atoms with E-state index in [1.54, 1.807) is 12.1 Å². The normalized spacial score (nSPS) is 10.4. The van der Waals surface area contributed by atoms with E-state index < -0.39 is 0 Å². The van der Waals surface area contributed by atoms with E-state index in [2.05, 4.69) is 0 Å². The highest BCUT2D eigenvalue weighted by Crippen LogP contribution is 2.23. The number of hydrogen-bond donors (Lipinski definition) is 2. The molecule has 0 aliphatic rings. The van der Waals surface area contributed by atoms with Crippen molar-refractivity contribution in [2.75, 3.05) is 0 Å². The van der Waals surface area contributed by atoms with Crippen LogP contribution in [0.3, 0.4) is 0 Å². The Bertz CT molecular complexity index is 520. The van der Waals surface area contributed by atoms with Gasteiger partial charge in [0.1, 0.15) is 5.75 Å². The van der Waals surface area contributed by atoms with Crippen molar-refractivity contribution in [1.82, 2.24) is 0 Å². The van der Waals surface area contributed by atoms with Gasteiger partial charge in [-0.1, -0.05) is 24.3 Å². The van der Waals surface area contributed by atoms with E-state index in [4.69, 9.17) is 5.73 Å². The first-order chi connectivity index (χ1) is 7.16. The summed E-state index contributed by atoms with van der Waals surface area (Å²) in [5.41, 5.74) is 6.00. The topological polar surface area (TPSA) is 63.3 Å². The molecule has 2 aromatic carbocycles. The predicted octanol–water partition coefficient (Wildman–Crippen LogP) is 1.57. The molecule has 0 saturated heterocycles. The maximum Gasteiger partial charge on any atom is 0.221 e. The van der Waals surface area contributed by atoms with E-state index in [0.29, 0.717) is 0 Å². The molecule has 0 heterocycles. The number of phenols is 1. The summed E-state index contributed by atoms with van der Waals surface area (Å²) in [5.74, 6) is -0.176. The molecule has 2 rings (SSSR count). The van der Waals surface area contributed by atoms with Crippen LogP contribution in [-0.2, 0) is 11.2 Å². The second-order valence-corrected chi connectivity index (χ2v) is 3.47. The molecule has 0 atom stereocenters. The maximum atomic E-state index is 10.9. The van der Waals surface area contributed by atoms with Gasteiger partial charge < -0.3 is 10.8 Å². The SMILES string of the molecule is NC(=O)Cc1cccc2ccc(O)cc12. The first-order valence-electron chi connectivity index (χ1n) is 4.66. The van der Waals surface area contributed by atoms with Gasteiger partial charge >= 0.3 is 0 Å². The minimum Gasteiger partial charge on any atom is -0.508 e. The van der Waals surface area contributed by atoms with Crippen molar-refractivity contribution in [3.63, 3.8) is 0 Å². The Morgan fingerprint density at radius 1 is 1.27 bits per heavy atom. The van der Waals surface area contributed by atoms with E-state index in [1.165, 1.54) is 0 Å². The molecule has 0 bridgehead atoms. The average Bonchev–Trinajstić information content (AvgIpc) is 2.18. The van der Waals surface area contributed by atoms with Crippen LogP contribution in [0.2, 0.25) is 0 Å². The quantitative estimate of drug-likeness (QED) is 0.774. The molecule has 0 aliphatic heterocycles. The predicted molar refractivity (Wildman–Crippen MR) is 58.5 cm³/mol. The second-order valence-electron chi connectivity index (χ2n) is 3.47. The van der Waals surface area contributed by atoms with Crippen LogP contribution in [0.5, 0.6) is 5.75 Å². The van der Waals surface area contributed by atoms with Crippen LogP contribution in [0, 0.1) is 0 Å². The van der Waals surface area contributed by atoms with Gasteiger partial charge in [-0.2, -0.15) is 0 Å². The Morgan fingerprint density at radius 2 is 2.07 bits per heavy atom. The highest BCUT2D eigenvalue weighted by molar-refractivity contribution is 5.90. The summed E-state index contributed by atoms with van der Waals surface area (Å²) < 4.78 is 0. The van der Waals surface area contributed by atoms with Crippen LogP contribution in [0.25, 0.3) is 10.8 Å². The minimum absolute atomic E-state index is 0.194. The molecule has 0 unspecified atom stereocenters. The summed E-state index contributed by atoms with van der Waals surface area (Å²) in [6, 6.07) is 10.7. The highest BCUT2D eigenvalue weighted by atomic mass is 16.3. The van der Waals surface area contributed by atoms with Gasteiger partial charge in [-0.3, -0.25) is 4.79 Å². The molecular weight excluding hydrogens is 190 g/mol. The molecule has 0 aliphatic carbocycles. The molecule has 0 aromatic heterocycles. The Morgan fingerprint density at radius 3 is 2.80 bits per heavy atom. The number of carbonyl (C=O) groups is 1. The van der Waals surface area contributed by atoms with Crippen molar-refractivity contribution in [3.8, 4) is 5.75 Å². The van der Waals surface area contributed by atoms with E-state index in [-0.39, 0.29) is 18.1 Å². The lowest BCUT2D eigenvalue weighted by atomic mass is 10.0. The summed E-state index contributed by atoms with van der Waals surface area (Å²) in [6.45, 7) is 0. The Balaban J connectivity index is 2.63. The number of amides is 1. The lowest BCUT2D eigenvalue weighted by Crippen LogP contribution is -2.13. The monoisotopic (exact) mass is 201 g/mol. The molecule has 0 spiro atoms. The zero-order valence-electron chi connectivity index (χ0n) is 8.10. The smallest absolute Gasteiger partial charge is 0.221 e. The number of primary amides is 1. The summed E-state index contributed by atoms with van der Waals surface area (Å²) in [6.07, 6.45) is 0.195. The molecule has 3 nitrogen and oxygen atoms in total. The van der Waals surface area contributed by atoms with Crippen molar-refractivity contribution < 1.29 is 9.90 Å². The molecule has 0 radical (unpaired) electrons. The van der Waals surface area contributed by atoms with Gasteiger partial charge in [0.25, 0.3) is 0 Å². The van der Waals surface area contributed by atoms with Crippen molar-refractivity contribution in [2.24, 2.45) is 5.73 Å². The number of nitrogens with two attached hydrogens (primary N) is 1. The molecule has 1 amide bonds. The standard InChI is InChI=1S/C12H11NO2/c13-12(15)6-9-3-1-2-8-4-5-10(14)7-11(8)9/h1-5,7,14H,6H2,(H2,13,15). The number of fused-ring (bicyclic) bond motifs is 1. The molecule has 76 valence electrons. The van der Waals surface area contributed by atoms with Crippen LogP contribution >= 0.6 is 0 Å². The van der Waals surface area contributed by atoms with Gasteiger partial charge in [0, 0.05) is 0 Å². The van der Waals surface area contributed by atoms with E-state index in [9.17, 15) is 9.90 Å². The van der Waals surface area contributed by atoms with Crippen LogP contribution in [0.4, 0.5) is 0 Å². The van der Waals surface area contributed by atoms with Crippen LogP contribution in [0.1, 0.15) is 5.56 Å². The lowest BCUT2D eigenvalue weighted by molar-refractivity contribution is -0.117. The van der Waals surface area contributed by atoms with Crippen LogP contribution < -0.4 is 5.73 Å². The molecular formula is C12H11NO2. The summed E-state index contributed by atoms with van der Waals surface area (Å²) in [5, 5.41) is 11.2. The highest BCUT2D eigenvalue weighted by Gasteiger charge is 2.04. The van der Waals surface area contributed by atoms with Gasteiger partial charge in [0.2, 0.25) is 5.91 Å². The zero-order chi connectivity index (χ0) is 10.8. The van der Waals surface area contributed by atoms with Crippen LogP contribution in [-0.4, -0.2) is 11.0 Å². The third kappa shape index (κ3) is 1.91. The lowest BCUT2D eigenvalue weighted by Gasteiger charge is -2.04. The van der Waals surface area contributed by atoms with Crippen molar-refractivity contribution >= 4 is 16.7 Å². The number of rotatable bonds is 2. The molecule has 0 fully saturated rings. The summed E-state index contributed by atoms with van der Waals surface area (Å²) in [7, 11) is 0. The van der Waals surface area contributed by atoms with Gasteiger partial charge in [0.05, 0.1) is 6.42 Å². The Hall–Kier alpha value is -2.03. The number of hydrogen-bond acceptors (Lipinski definition) is 2. The fraction of sp³-hybridized carbons (Fsp3) is 0.0833. The third-order valence-electron chi connectivity index (χ3n) is 2.32. The van der Waals surface area contributed by atoms with Crippen LogP contribution in [0.15, 0.2) is 36.4 Å². The largest absolute Gasteiger partial charge is 0.508 e. The van der Waals surface area contributed by atoms with E-state index >= 15 is 0 Å². The third-order valence-corrected chi connectivity index (χ3v) is 2.32. The molecule has 15 heavy (non-hydrogen) atoms. The van der Waals surface area contributed by atoms with Crippen molar-refractivity contribution in [3.05, 3.63) is 42.0 Å². The maximum absolute atomic E-state index is 10.9. The molecule has 2 aromatic rings. The van der Waals surface area contributed by atoms with Crippen molar-refractivity contribution in [1.29, 1.82) is 0 Å². The number of phenolic OH excluding ortho intramolecular Hbond substituents is 1. The van der Waals surface area contributed by atoms with Crippen molar-refractivity contribution in [2.45, 2.75) is 6.42 Å². The Kier molecular flexibility index (Phi) is 2.29. The van der Waals surface area contributed by atoms with Gasteiger partial charge in [-0.25, -0.2) is 0 Å². The molecule has 3 N–H and O–H groups in total. The fourth-order valence-corrected chi connectivity index (χ4v) is 1.67. The van der Waals surface area contributed by atoms with Gasteiger partial charge in [-0.15, -0.1) is 0 Å². The van der Waals surface area contributed by atoms with E-state index in [0.717, 1.165) is 16.3 Å². The number of aromatic hydroxyl groups is 1. The summed E-state index contributed by atoms with van der Waals surface area (Å²) >= 11 is 0. The second kappa shape index (κ2) is 3.61. The Labute approximate surface area is 87.1 Å². The molecule has 3 heteroatoms. The first-order valence-corrected chi connectivity index (χ1v) is 4.66. The molecule has 0 saturated carbocycles. The first kappa shape index (κ1) is 9.52. The minimum atomic E-state index is -0.370. The van der Waals surface area contributed by atoms with Gasteiger partial charge in [-0.05, 0) is 28.5 Å². The average molecular weight is 201 g/mol. The van der Waals surface area contributed by atoms with Gasteiger partial charge in [0.15, 0.2) is 0 Å². The zero-order valence-corrected chi connectivity index (χ0v) is 8.10. The number of benzene rings is 2. The number of carbonyl (C=O) groups excluding carboxylic acids is 1. The summed E-state index contributed by atoms with van der Waals surface area (Å²) in [4.78, 5) is 10.9. The fourth-order valence-electron chi connectivity index (χ4n) is 1.67.